The number of carbonyl (C=O) groups is 3. The van der Waals surface area contributed by atoms with Crippen molar-refractivity contribution in [2.45, 2.75) is 90.4 Å². The lowest BCUT2D eigenvalue weighted by Gasteiger charge is -2.19. The lowest BCUT2D eigenvalue weighted by Crippen LogP contribution is -2.33. The molecule has 0 aliphatic rings. The molecule has 0 aromatic heterocycles. The largest absolute Gasteiger partial charge is 0.461 e. The highest BCUT2D eigenvalue weighted by atomic mass is 16.6. The zero-order valence-corrected chi connectivity index (χ0v) is 20.4. The molecule has 0 bridgehead atoms. The van der Waals surface area contributed by atoms with Crippen molar-refractivity contribution >= 4 is 18.0 Å². The fraction of sp³-hybridized carbons (Fsp3) is 0.640. The van der Waals surface area contributed by atoms with Crippen LogP contribution in [0.1, 0.15) is 77.7 Å². The molecule has 1 rings (SSSR count). The van der Waals surface area contributed by atoms with Crippen molar-refractivity contribution in [2.24, 2.45) is 5.73 Å². The Labute approximate surface area is 198 Å². The third-order valence-electron chi connectivity index (χ3n) is 4.74. The van der Waals surface area contributed by atoms with Gasteiger partial charge in [0, 0.05) is 32.0 Å². The molecule has 0 heterocycles. The number of hydrogen-bond donors (Lipinski definition) is 3. The molecule has 0 radical (unpaired) electrons. The lowest BCUT2D eigenvalue weighted by molar-refractivity contribution is -0.145. The van der Waals surface area contributed by atoms with Crippen molar-refractivity contribution in [2.75, 3.05) is 13.1 Å². The fourth-order valence-electron chi connectivity index (χ4n) is 3.06. The second-order valence-corrected chi connectivity index (χ2v) is 9.20. The fourth-order valence-corrected chi connectivity index (χ4v) is 3.06. The molecule has 0 unspecified atom stereocenters. The van der Waals surface area contributed by atoms with Crippen LogP contribution in [0, 0.1) is 0 Å². The first-order chi connectivity index (χ1) is 15.7. The van der Waals surface area contributed by atoms with Crippen molar-refractivity contribution in [3.8, 4) is 0 Å². The van der Waals surface area contributed by atoms with E-state index in [4.69, 9.17) is 15.2 Å². The number of ether oxygens (including phenoxy) is 2. The van der Waals surface area contributed by atoms with Crippen LogP contribution >= 0.6 is 0 Å². The van der Waals surface area contributed by atoms with Crippen LogP contribution < -0.4 is 16.4 Å². The molecular weight excluding hydrogens is 422 g/mol. The van der Waals surface area contributed by atoms with Gasteiger partial charge in [0.1, 0.15) is 12.2 Å². The second kappa shape index (κ2) is 16.1. The molecule has 0 fully saturated rings. The van der Waals surface area contributed by atoms with Gasteiger partial charge in [0.15, 0.2) is 0 Å². The van der Waals surface area contributed by atoms with Gasteiger partial charge in [-0.1, -0.05) is 43.2 Å². The van der Waals surface area contributed by atoms with E-state index in [1.807, 2.05) is 51.1 Å². The Balaban J connectivity index is 1.96. The summed E-state index contributed by atoms with van der Waals surface area (Å²) in [5.74, 6) is -0.258. The summed E-state index contributed by atoms with van der Waals surface area (Å²) in [6.45, 7) is 6.86. The Morgan fingerprint density at radius 3 is 2.30 bits per heavy atom. The highest BCUT2D eigenvalue weighted by Gasteiger charge is 2.15. The molecule has 2 amide bonds. The van der Waals surface area contributed by atoms with Crippen molar-refractivity contribution in [3.05, 3.63) is 35.9 Å². The van der Waals surface area contributed by atoms with Crippen molar-refractivity contribution < 1.29 is 23.9 Å². The van der Waals surface area contributed by atoms with Crippen LogP contribution in [0.4, 0.5) is 4.79 Å². The van der Waals surface area contributed by atoms with Crippen LogP contribution in [0.3, 0.4) is 0 Å². The summed E-state index contributed by atoms with van der Waals surface area (Å²) in [4.78, 5) is 35.3. The molecule has 0 spiro atoms. The normalized spacial score (nSPS) is 12.0. The minimum Gasteiger partial charge on any atom is -0.461 e. The van der Waals surface area contributed by atoms with Gasteiger partial charge in [-0.25, -0.2) is 4.79 Å². The summed E-state index contributed by atoms with van der Waals surface area (Å²) >= 11 is 0. The lowest BCUT2D eigenvalue weighted by atomic mass is 10.1. The van der Waals surface area contributed by atoms with E-state index in [-0.39, 0.29) is 24.3 Å². The maximum Gasteiger partial charge on any atom is 0.407 e. The number of rotatable bonds is 15. The van der Waals surface area contributed by atoms with Crippen LogP contribution in [0.5, 0.6) is 0 Å². The van der Waals surface area contributed by atoms with Gasteiger partial charge in [-0.15, -0.1) is 0 Å². The van der Waals surface area contributed by atoms with E-state index < -0.39 is 11.7 Å². The van der Waals surface area contributed by atoms with Crippen LogP contribution in [0.15, 0.2) is 30.3 Å². The maximum absolute atomic E-state index is 12.0. The van der Waals surface area contributed by atoms with E-state index >= 15 is 0 Å². The smallest absolute Gasteiger partial charge is 0.407 e. The molecule has 1 aromatic rings. The highest BCUT2D eigenvalue weighted by Crippen LogP contribution is 2.07. The molecule has 8 heteroatoms. The molecule has 0 saturated heterocycles. The summed E-state index contributed by atoms with van der Waals surface area (Å²) in [5, 5.41) is 5.59. The molecule has 4 N–H and O–H groups in total. The van der Waals surface area contributed by atoms with E-state index in [1.165, 1.54) is 0 Å². The number of nitrogens with two attached hydrogens (primary N) is 1. The first-order valence-corrected chi connectivity index (χ1v) is 11.8. The van der Waals surface area contributed by atoms with E-state index in [0.717, 1.165) is 37.7 Å². The monoisotopic (exact) mass is 463 g/mol. The molecule has 1 aromatic carbocycles. The van der Waals surface area contributed by atoms with E-state index in [1.54, 1.807) is 0 Å². The van der Waals surface area contributed by atoms with Crippen LogP contribution in [0.2, 0.25) is 0 Å². The Kier molecular flexibility index (Phi) is 13.8. The van der Waals surface area contributed by atoms with Gasteiger partial charge in [0.2, 0.25) is 5.91 Å². The van der Waals surface area contributed by atoms with Crippen LogP contribution in [0.25, 0.3) is 0 Å². The van der Waals surface area contributed by atoms with Crippen molar-refractivity contribution in [3.63, 3.8) is 0 Å². The Morgan fingerprint density at radius 1 is 0.939 bits per heavy atom. The number of esters is 1. The van der Waals surface area contributed by atoms with Crippen LogP contribution in [-0.4, -0.2) is 42.7 Å². The number of amides is 2. The first-order valence-electron chi connectivity index (χ1n) is 11.8. The molecule has 0 aliphatic heterocycles. The second-order valence-electron chi connectivity index (χ2n) is 9.20. The van der Waals surface area contributed by atoms with Gasteiger partial charge in [-0.2, -0.15) is 0 Å². The van der Waals surface area contributed by atoms with Gasteiger partial charge < -0.3 is 25.8 Å². The van der Waals surface area contributed by atoms with Gasteiger partial charge in [0.25, 0.3) is 0 Å². The summed E-state index contributed by atoms with van der Waals surface area (Å²) in [5.41, 5.74) is 6.50. The molecule has 33 heavy (non-hydrogen) atoms. The minimum absolute atomic E-state index is 0.0587. The molecule has 0 saturated carbocycles. The summed E-state index contributed by atoms with van der Waals surface area (Å²) in [6, 6.07) is 9.39. The third-order valence-corrected chi connectivity index (χ3v) is 4.74. The zero-order chi connectivity index (χ0) is 24.5. The average molecular weight is 464 g/mol. The molecule has 0 aliphatic carbocycles. The number of alkyl carbamates (subject to hydrolysis) is 1. The van der Waals surface area contributed by atoms with E-state index in [9.17, 15) is 14.4 Å². The molecule has 1 atom stereocenters. The van der Waals surface area contributed by atoms with E-state index in [2.05, 4.69) is 10.6 Å². The summed E-state index contributed by atoms with van der Waals surface area (Å²) in [7, 11) is 0. The standard InChI is InChI=1S/C25H41N3O5/c1-25(2,3)33-24(31)28-17-11-9-14-21(26)18-22(29)27-16-10-5-8-15-23(30)32-19-20-12-6-4-7-13-20/h4,6-7,12-13,21H,5,8-11,14-19,26H2,1-3H3,(H,27,29)(H,28,31)/t21-/m0/s1. The minimum atomic E-state index is -0.506. The van der Waals surface area contributed by atoms with Crippen molar-refractivity contribution in [1.82, 2.24) is 10.6 Å². The SMILES string of the molecule is CC(C)(C)OC(=O)NCCCC[C@H](N)CC(=O)NCCCCCC(=O)OCc1ccccc1. The quantitative estimate of drug-likeness (QED) is 0.269. The molecule has 186 valence electrons. The molecule has 8 nitrogen and oxygen atoms in total. The number of benzene rings is 1. The van der Waals surface area contributed by atoms with Gasteiger partial charge in [-0.3, -0.25) is 9.59 Å². The first kappa shape index (κ1) is 28.4. The zero-order valence-electron chi connectivity index (χ0n) is 20.4. The number of hydrogen-bond acceptors (Lipinski definition) is 6. The predicted molar refractivity (Wildman–Crippen MR) is 128 cm³/mol. The van der Waals surface area contributed by atoms with Gasteiger partial charge >= 0.3 is 12.1 Å². The predicted octanol–water partition coefficient (Wildman–Crippen LogP) is 3.82. The Bertz CT molecular complexity index is 704. The third kappa shape index (κ3) is 16.7. The number of nitrogens with one attached hydrogen (secondary N) is 2. The average Bonchev–Trinajstić information content (AvgIpc) is 2.74. The van der Waals surface area contributed by atoms with E-state index in [0.29, 0.717) is 32.5 Å². The van der Waals surface area contributed by atoms with Gasteiger partial charge in [-0.05, 0) is 52.0 Å². The number of unbranched alkanes of at least 4 members (excludes halogenated alkanes) is 3. The number of carbonyl (C=O) groups excluding carboxylic acids is 3. The van der Waals surface area contributed by atoms with Crippen LogP contribution in [-0.2, 0) is 25.7 Å². The summed E-state index contributed by atoms with van der Waals surface area (Å²) in [6.07, 6.45) is 4.96. The van der Waals surface area contributed by atoms with Crippen molar-refractivity contribution in [1.29, 1.82) is 0 Å². The Morgan fingerprint density at radius 2 is 1.61 bits per heavy atom. The highest BCUT2D eigenvalue weighted by molar-refractivity contribution is 5.76. The molecular formula is C25H41N3O5. The topological polar surface area (TPSA) is 120 Å². The summed E-state index contributed by atoms with van der Waals surface area (Å²) < 4.78 is 10.4. The Hall–Kier alpha value is -2.61. The van der Waals surface area contributed by atoms with Gasteiger partial charge in [0.05, 0.1) is 0 Å². The maximum atomic E-state index is 12.0.